The quantitative estimate of drug-likeness (QED) is 0.721. The standard InChI is InChI=1S/C19H30N4O3S/c1-12-6-5-7-17(13(12)2)20-19(24)16-8-10-23(11-9-16)27(25,26)18-14(3)21-22-15(18)4/h5-7,14-16,18,21-22H,8-11H2,1-4H3,(H,20,24). The molecule has 2 aliphatic heterocycles. The number of hydrogen-bond donors (Lipinski definition) is 3. The predicted octanol–water partition coefficient (Wildman–Crippen LogP) is 1.54. The van der Waals surface area contributed by atoms with Crippen molar-refractivity contribution in [3.05, 3.63) is 29.3 Å². The van der Waals surface area contributed by atoms with Crippen LogP contribution in [0.2, 0.25) is 0 Å². The molecular weight excluding hydrogens is 364 g/mol. The number of amides is 1. The van der Waals surface area contributed by atoms with Crippen LogP contribution in [0, 0.1) is 19.8 Å². The second-order valence-corrected chi connectivity index (χ2v) is 9.88. The van der Waals surface area contributed by atoms with Crippen molar-refractivity contribution in [3.8, 4) is 0 Å². The summed E-state index contributed by atoms with van der Waals surface area (Å²) >= 11 is 0. The van der Waals surface area contributed by atoms with E-state index in [1.165, 1.54) is 0 Å². The molecule has 3 N–H and O–H groups in total. The average molecular weight is 395 g/mol. The third-order valence-electron chi connectivity index (χ3n) is 5.92. The lowest BCUT2D eigenvalue weighted by atomic mass is 9.97. The molecule has 2 heterocycles. The first-order chi connectivity index (χ1) is 12.7. The Balaban J connectivity index is 1.61. The summed E-state index contributed by atoms with van der Waals surface area (Å²) in [5, 5.41) is 2.53. The van der Waals surface area contributed by atoms with E-state index in [0.29, 0.717) is 25.9 Å². The van der Waals surface area contributed by atoms with E-state index in [-0.39, 0.29) is 23.9 Å². The summed E-state index contributed by atoms with van der Waals surface area (Å²) in [6.45, 7) is 8.55. The highest BCUT2D eigenvalue weighted by atomic mass is 32.2. The molecule has 2 atom stereocenters. The maximum Gasteiger partial charge on any atom is 0.227 e. The molecule has 0 aromatic heterocycles. The highest BCUT2D eigenvalue weighted by Gasteiger charge is 2.44. The zero-order chi connectivity index (χ0) is 19.8. The lowest BCUT2D eigenvalue weighted by Gasteiger charge is -2.34. The predicted molar refractivity (Wildman–Crippen MR) is 107 cm³/mol. The van der Waals surface area contributed by atoms with Crippen LogP contribution < -0.4 is 16.2 Å². The first-order valence-electron chi connectivity index (χ1n) is 9.59. The molecule has 0 spiro atoms. The molecule has 2 saturated heterocycles. The summed E-state index contributed by atoms with van der Waals surface area (Å²) < 4.78 is 27.6. The molecule has 8 heteroatoms. The largest absolute Gasteiger partial charge is 0.326 e. The van der Waals surface area contributed by atoms with Crippen LogP contribution in [0.5, 0.6) is 0 Å². The topological polar surface area (TPSA) is 90.5 Å². The Hall–Kier alpha value is -1.48. The Bertz CT molecular complexity index is 793. The van der Waals surface area contributed by atoms with Crippen LogP contribution in [0.1, 0.15) is 37.8 Å². The summed E-state index contributed by atoms with van der Waals surface area (Å²) in [5.41, 5.74) is 9.05. The Labute approximate surface area is 161 Å². The number of nitrogens with one attached hydrogen (secondary N) is 3. The van der Waals surface area contributed by atoms with Crippen molar-refractivity contribution in [3.63, 3.8) is 0 Å². The Kier molecular flexibility index (Phi) is 5.90. The second kappa shape index (κ2) is 7.87. The van der Waals surface area contributed by atoms with Gasteiger partial charge in [-0.15, -0.1) is 0 Å². The van der Waals surface area contributed by atoms with Crippen molar-refractivity contribution >= 4 is 21.6 Å². The average Bonchev–Trinajstić information content (AvgIpc) is 2.98. The SMILES string of the molecule is Cc1cccc(NC(=O)C2CCN(S(=O)(=O)C3C(C)NNC3C)CC2)c1C. The van der Waals surface area contributed by atoms with E-state index in [4.69, 9.17) is 0 Å². The molecule has 1 amide bonds. The number of aryl methyl sites for hydroxylation is 1. The van der Waals surface area contributed by atoms with Crippen molar-refractivity contribution in [1.29, 1.82) is 0 Å². The fourth-order valence-corrected chi connectivity index (χ4v) is 6.27. The lowest BCUT2D eigenvalue weighted by molar-refractivity contribution is -0.120. The van der Waals surface area contributed by atoms with Gasteiger partial charge in [0.2, 0.25) is 15.9 Å². The first kappa shape index (κ1) is 20.3. The summed E-state index contributed by atoms with van der Waals surface area (Å²) in [6.07, 6.45) is 1.10. The number of piperidine rings is 1. The van der Waals surface area contributed by atoms with Gasteiger partial charge in [0.1, 0.15) is 5.25 Å². The second-order valence-electron chi connectivity index (χ2n) is 7.79. The summed E-state index contributed by atoms with van der Waals surface area (Å²) in [4.78, 5) is 12.6. The fraction of sp³-hybridized carbons (Fsp3) is 0.632. The first-order valence-corrected chi connectivity index (χ1v) is 11.1. The highest BCUT2D eigenvalue weighted by Crippen LogP contribution is 2.27. The van der Waals surface area contributed by atoms with E-state index in [9.17, 15) is 13.2 Å². The smallest absolute Gasteiger partial charge is 0.227 e. The molecule has 2 aliphatic rings. The van der Waals surface area contributed by atoms with Gasteiger partial charge in [-0.3, -0.25) is 15.6 Å². The molecule has 3 rings (SSSR count). The van der Waals surface area contributed by atoms with E-state index in [1.54, 1.807) is 4.31 Å². The van der Waals surface area contributed by atoms with Gasteiger partial charge in [0, 0.05) is 36.8 Å². The Morgan fingerprint density at radius 1 is 1.11 bits per heavy atom. The van der Waals surface area contributed by atoms with Gasteiger partial charge in [-0.1, -0.05) is 12.1 Å². The minimum atomic E-state index is -3.40. The third-order valence-corrected chi connectivity index (χ3v) is 8.50. The van der Waals surface area contributed by atoms with Gasteiger partial charge in [0.05, 0.1) is 0 Å². The normalized spacial score (nSPS) is 27.6. The van der Waals surface area contributed by atoms with Crippen molar-refractivity contribution in [2.45, 2.75) is 57.9 Å². The van der Waals surface area contributed by atoms with Crippen molar-refractivity contribution in [2.24, 2.45) is 5.92 Å². The molecule has 27 heavy (non-hydrogen) atoms. The van der Waals surface area contributed by atoms with Crippen molar-refractivity contribution in [2.75, 3.05) is 18.4 Å². The zero-order valence-electron chi connectivity index (χ0n) is 16.5. The number of rotatable bonds is 4. The molecule has 0 radical (unpaired) electrons. The van der Waals surface area contributed by atoms with Crippen molar-refractivity contribution in [1.82, 2.24) is 15.2 Å². The van der Waals surface area contributed by atoms with E-state index >= 15 is 0 Å². The van der Waals surface area contributed by atoms with E-state index in [1.807, 2.05) is 45.9 Å². The number of anilines is 1. The molecule has 0 aliphatic carbocycles. The summed E-state index contributed by atoms with van der Waals surface area (Å²) in [7, 11) is -3.40. The molecule has 2 unspecified atom stereocenters. The molecule has 0 saturated carbocycles. The fourth-order valence-electron chi connectivity index (χ4n) is 4.04. The molecule has 7 nitrogen and oxygen atoms in total. The van der Waals surface area contributed by atoms with Crippen LogP contribution in [0.3, 0.4) is 0 Å². The van der Waals surface area contributed by atoms with Gasteiger partial charge in [-0.25, -0.2) is 12.7 Å². The zero-order valence-corrected chi connectivity index (χ0v) is 17.3. The van der Waals surface area contributed by atoms with Gasteiger partial charge < -0.3 is 5.32 Å². The maximum absolute atomic E-state index is 13.0. The van der Waals surface area contributed by atoms with Gasteiger partial charge in [0.15, 0.2) is 0 Å². The van der Waals surface area contributed by atoms with Gasteiger partial charge in [0.25, 0.3) is 0 Å². The molecule has 1 aromatic carbocycles. The number of carbonyl (C=O) groups is 1. The molecular formula is C19H30N4O3S. The van der Waals surface area contributed by atoms with E-state index in [2.05, 4.69) is 16.2 Å². The van der Waals surface area contributed by atoms with Gasteiger partial charge in [-0.2, -0.15) is 0 Å². The summed E-state index contributed by atoms with van der Waals surface area (Å²) in [5.74, 6) is -0.183. The highest BCUT2D eigenvalue weighted by molar-refractivity contribution is 7.89. The summed E-state index contributed by atoms with van der Waals surface area (Å²) in [6, 6.07) is 5.57. The van der Waals surface area contributed by atoms with Crippen LogP contribution in [-0.4, -0.2) is 49.1 Å². The van der Waals surface area contributed by atoms with Gasteiger partial charge in [-0.05, 0) is 57.7 Å². The van der Waals surface area contributed by atoms with Crippen LogP contribution in [-0.2, 0) is 14.8 Å². The van der Waals surface area contributed by atoms with Crippen LogP contribution in [0.15, 0.2) is 18.2 Å². The molecule has 150 valence electrons. The minimum absolute atomic E-state index is 0.0216. The third kappa shape index (κ3) is 4.03. The number of carbonyl (C=O) groups excluding carboxylic acids is 1. The van der Waals surface area contributed by atoms with Gasteiger partial charge >= 0.3 is 0 Å². The van der Waals surface area contributed by atoms with E-state index < -0.39 is 15.3 Å². The van der Waals surface area contributed by atoms with Crippen LogP contribution in [0.25, 0.3) is 0 Å². The number of nitrogens with zero attached hydrogens (tertiary/aromatic N) is 1. The Morgan fingerprint density at radius 2 is 1.70 bits per heavy atom. The van der Waals surface area contributed by atoms with Crippen LogP contribution in [0.4, 0.5) is 5.69 Å². The number of benzene rings is 1. The number of hydrogen-bond acceptors (Lipinski definition) is 5. The Morgan fingerprint density at radius 3 is 2.30 bits per heavy atom. The molecule has 0 bridgehead atoms. The minimum Gasteiger partial charge on any atom is -0.326 e. The van der Waals surface area contributed by atoms with Crippen molar-refractivity contribution < 1.29 is 13.2 Å². The van der Waals surface area contributed by atoms with E-state index in [0.717, 1.165) is 16.8 Å². The molecule has 2 fully saturated rings. The monoisotopic (exact) mass is 394 g/mol. The maximum atomic E-state index is 13.0. The number of hydrazine groups is 1. The lowest BCUT2D eigenvalue weighted by Crippen LogP contribution is -2.50. The van der Waals surface area contributed by atoms with Crippen LogP contribution >= 0.6 is 0 Å². The molecule has 1 aromatic rings. The number of sulfonamides is 1.